The third-order valence-corrected chi connectivity index (χ3v) is 5.06. The lowest BCUT2D eigenvalue weighted by molar-refractivity contribution is -0.137. The largest absolute Gasteiger partial charge is 0.416 e. The molecular formula is C19H13F4N5OS. The topological polar surface area (TPSA) is 80.5 Å². The lowest BCUT2D eigenvalue weighted by Crippen LogP contribution is -2.04. The van der Waals surface area contributed by atoms with Gasteiger partial charge in [0.05, 0.1) is 16.4 Å². The van der Waals surface area contributed by atoms with Gasteiger partial charge in [0.15, 0.2) is 5.82 Å². The summed E-state index contributed by atoms with van der Waals surface area (Å²) in [6, 6.07) is 10.8. The summed E-state index contributed by atoms with van der Waals surface area (Å²) < 4.78 is 57.8. The summed E-state index contributed by atoms with van der Waals surface area (Å²) in [5.74, 6) is 0.0918. The molecule has 154 valence electrons. The van der Waals surface area contributed by atoms with Crippen molar-refractivity contribution in [3.8, 4) is 22.8 Å². The van der Waals surface area contributed by atoms with E-state index in [9.17, 15) is 17.6 Å². The number of halogens is 4. The number of aromatic nitrogens is 5. The van der Waals surface area contributed by atoms with Gasteiger partial charge in [0.1, 0.15) is 5.82 Å². The van der Waals surface area contributed by atoms with Crippen LogP contribution < -0.4 is 0 Å². The van der Waals surface area contributed by atoms with Crippen LogP contribution in [0.15, 0.2) is 58.2 Å². The number of rotatable bonds is 5. The van der Waals surface area contributed by atoms with Crippen molar-refractivity contribution in [1.82, 2.24) is 25.3 Å². The van der Waals surface area contributed by atoms with E-state index in [1.54, 1.807) is 25.1 Å². The van der Waals surface area contributed by atoms with Gasteiger partial charge in [-0.1, -0.05) is 41.2 Å². The first-order valence-electron chi connectivity index (χ1n) is 8.66. The van der Waals surface area contributed by atoms with Crippen molar-refractivity contribution in [3.05, 3.63) is 65.8 Å². The number of alkyl halides is 3. The van der Waals surface area contributed by atoms with Crippen LogP contribution >= 0.6 is 11.8 Å². The van der Waals surface area contributed by atoms with Crippen LogP contribution in [0.2, 0.25) is 0 Å². The molecule has 4 rings (SSSR count). The monoisotopic (exact) mass is 435 g/mol. The fraction of sp³-hybridized carbons (Fsp3) is 0.158. The first-order chi connectivity index (χ1) is 14.3. The van der Waals surface area contributed by atoms with Gasteiger partial charge in [-0.15, -0.1) is 5.10 Å². The molecule has 2 heterocycles. The molecule has 4 aromatic rings. The quantitative estimate of drug-likeness (QED) is 0.328. The molecule has 0 spiro atoms. The van der Waals surface area contributed by atoms with E-state index in [0.717, 1.165) is 12.1 Å². The number of hydrogen-bond acceptors (Lipinski definition) is 6. The highest BCUT2D eigenvalue weighted by molar-refractivity contribution is 7.99. The maximum absolute atomic E-state index is 13.9. The molecular weight excluding hydrogens is 422 g/mol. The standard InChI is InChI=1S/C19H13F4N5OS/c1-10(30-18-25-16(26-27-18)13-7-2-3-8-14(13)20)17-24-15(28-29-17)11-5-4-6-12(9-11)19(21,22)23/h2-10H,1H3,(H,25,26,27). The second-order valence-corrected chi connectivity index (χ2v) is 7.55. The van der Waals surface area contributed by atoms with Gasteiger partial charge in [-0.2, -0.15) is 18.2 Å². The van der Waals surface area contributed by atoms with Crippen molar-refractivity contribution in [1.29, 1.82) is 0 Å². The van der Waals surface area contributed by atoms with Crippen molar-refractivity contribution in [2.45, 2.75) is 23.5 Å². The molecule has 0 radical (unpaired) electrons. The van der Waals surface area contributed by atoms with E-state index >= 15 is 0 Å². The van der Waals surface area contributed by atoms with Crippen LogP contribution in [0, 0.1) is 5.82 Å². The average Bonchev–Trinajstić information content (AvgIpc) is 3.38. The molecule has 0 amide bonds. The predicted octanol–water partition coefficient (Wildman–Crippen LogP) is 5.53. The number of hydrogen-bond donors (Lipinski definition) is 1. The summed E-state index contributed by atoms with van der Waals surface area (Å²) >= 11 is 1.18. The molecule has 11 heteroatoms. The third kappa shape index (κ3) is 4.20. The predicted molar refractivity (Wildman–Crippen MR) is 101 cm³/mol. The first-order valence-corrected chi connectivity index (χ1v) is 9.54. The van der Waals surface area contributed by atoms with Gasteiger partial charge in [-0.05, 0) is 31.2 Å². The number of benzene rings is 2. The average molecular weight is 435 g/mol. The second kappa shape index (κ2) is 7.90. The molecule has 0 saturated carbocycles. The zero-order valence-corrected chi connectivity index (χ0v) is 16.1. The smallest absolute Gasteiger partial charge is 0.338 e. The first kappa shape index (κ1) is 20.1. The van der Waals surface area contributed by atoms with Crippen LogP contribution in [0.4, 0.5) is 17.6 Å². The summed E-state index contributed by atoms with van der Waals surface area (Å²) in [6.45, 7) is 1.76. The van der Waals surface area contributed by atoms with Crippen molar-refractivity contribution in [2.24, 2.45) is 0 Å². The Hall–Kier alpha value is -3.21. The highest BCUT2D eigenvalue weighted by atomic mass is 32.2. The number of nitrogens with one attached hydrogen (secondary N) is 1. The molecule has 1 atom stereocenters. The molecule has 0 aliphatic rings. The fourth-order valence-electron chi connectivity index (χ4n) is 2.63. The minimum absolute atomic E-state index is 0.0468. The Balaban J connectivity index is 1.50. The number of H-pyrrole nitrogens is 1. The molecule has 0 aliphatic heterocycles. The zero-order valence-electron chi connectivity index (χ0n) is 15.3. The van der Waals surface area contributed by atoms with Gasteiger partial charge in [-0.3, -0.25) is 5.10 Å². The van der Waals surface area contributed by atoms with E-state index in [1.807, 2.05) is 0 Å². The highest BCUT2D eigenvalue weighted by Crippen LogP contribution is 2.35. The normalized spacial score (nSPS) is 12.8. The maximum Gasteiger partial charge on any atom is 0.416 e. The van der Waals surface area contributed by atoms with Crippen LogP contribution in [0.5, 0.6) is 0 Å². The van der Waals surface area contributed by atoms with Crippen LogP contribution in [-0.4, -0.2) is 25.3 Å². The molecule has 2 aromatic carbocycles. The van der Waals surface area contributed by atoms with Gasteiger partial charge < -0.3 is 4.52 Å². The number of aromatic amines is 1. The molecule has 0 aliphatic carbocycles. The molecule has 0 bridgehead atoms. The van der Waals surface area contributed by atoms with Crippen molar-refractivity contribution in [3.63, 3.8) is 0 Å². The van der Waals surface area contributed by atoms with E-state index in [1.165, 1.54) is 30.0 Å². The van der Waals surface area contributed by atoms with Gasteiger partial charge in [0, 0.05) is 5.56 Å². The third-order valence-electron chi connectivity index (χ3n) is 4.11. The number of thioether (sulfide) groups is 1. The molecule has 30 heavy (non-hydrogen) atoms. The Labute approximate surface area is 171 Å². The van der Waals surface area contributed by atoms with Crippen LogP contribution in [0.25, 0.3) is 22.8 Å². The van der Waals surface area contributed by atoms with E-state index in [2.05, 4.69) is 25.3 Å². The van der Waals surface area contributed by atoms with Crippen LogP contribution in [0.1, 0.15) is 23.6 Å². The Morgan fingerprint density at radius 3 is 2.63 bits per heavy atom. The molecule has 0 fully saturated rings. The lowest BCUT2D eigenvalue weighted by atomic mass is 10.1. The Bertz CT molecular complexity index is 1170. The van der Waals surface area contributed by atoms with Gasteiger partial charge in [0.2, 0.25) is 16.9 Å². The summed E-state index contributed by atoms with van der Waals surface area (Å²) in [6.07, 6.45) is -4.47. The van der Waals surface area contributed by atoms with Gasteiger partial charge in [-0.25, -0.2) is 9.37 Å². The fourth-order valence-corrected chi connectivity index (χ4v) is 3.39. The number of nitrogens with zero attached hydrogens (tertiary/aromatic N) is 4. The lowest BCUT2D eigenvalue weighted by Gasteiger charge is -2.06. The second-order valence-electron chi connectivity index (χ2n) is 6.24. The molecule has 1 N–H and O–H groups in total. The van der Waals surface area contributed by atoms with E-state index in [-0.39, 0.29) is 33.9 Å². The Morgan fingerprint density at radius 2 is 1.87 bits per heavy atom. The van der Waals surface area contributed by atoms with Crippen molar-refractivity contribution >= 4 is 11.8 Å². The highest BCUT2D eigenvalue weighted by Gasteiger charge is 2.31. The SMILES string of the molecule is CC(Sc1n[nH]c(-c2ccccc2F)n1)c1nc(-c2cccc(C(F)(F)F)c2)no1. The summed E-state index contributed by atoms with van der Waals surface area (Å²) in [4.78, 5) is 8.44. The Kier molecular flexibility index (Phi) is 5.29. The molecule has 6 nitrogen and oxygen atoms in total. The minimum Gasteiger partial charge on any atom is -0.338 e. The van der Waals surface area contributed by atoms with Crippen LogP contribution in [0.3, 0.4) is 0 Å². The van der Waals surface area contributed by atoms with Gasteiger partial charge >= 0.3 is 6.18 Å². The Morgan fingerprint density at radius 1 is 1.07 bits per heavy atom. The van der Waals surface area contributed by atoms with Crippen molar-refractivity contribution in [2.75, 3.05) is 0 Å². The molecule has 1 unspecified atom stereocenters. The van der Waals surface area contributed by atoms with Crippen LogP contribution in [-0.2, 0) is 6.18 Å². The van der Waals surface area contributed by atoms with E-state index in [4.69, 9.17) is 4.52 Å². The molecule has 2 aromatic heterocycles. The van der Waals surface area contributed by atoms with E-state index < -0.39 is 17.6 Å². The van der Waals surface area contributed by atoms with Crippen molar-refractivity contribution < 1.29 is 22.1 Å². The summed E-state index contributed by atoms with van der Waals surface area (Å²) in [5, 5.41) is 10.4. The van der Waals surface area contributed by atoms with Gasteiger partial charge in [0.25, 0.3) is 0 Å². The maximum atomic E-state index is 13.9. The zero-order chi connectivity index (χ0) is 21.3. The summed E-state index contributed by atoms with van der Waals surface area (Å²) in [7, 11) is 0. The summed E-state index contributed by atoms with van der Waals surface area (Å²) in [5.41, 5.74) is -0.318. The minimum atomic E-state index is -4.47. The van der Waals surface area contributed by atoms with E-state index in [0.29, 0.717) is 5.16 Å². The molecule has 0 saturated heterocycles.